The van der Waals surface area contributed by atoms with Crippen molar-refractivity contribution in [1.29, 1.82) is 0 Å². The van der Waals surface area contributed by atoms with Gasteiger partial charge in [-0.15, -0.1) is 0 Å². The molecule has 0 spiro atoms. The molecule has 1 unspecified atom stereocenters. The van der Waals surface area contributed by atoms with Crippen LogP contribution >= 0.6 is 15.9 Å². The molecule has 2 aromatic heterocycles. The summed E-state index contributed by atoms with van der Waals surface area (Å²) in [6, 6.07) is 11.5. The van der Waals surface area contributed by atoms with Gasteiger partial charge in [-0.3, -0.25) is 4.98 Å². The van der Waals surface area contributed by atoms with Gasteiger partial charge in [-0.2, -0.15) is 0 Å². The van der Waals surface area contributed by atoms with E-state index in [1.165, 1.54) is 0 Å². The standard InChI is InChI=1S/C15H12BrNO2/c16-12-5-1-4-11-8-14(19-15(11)12)13(18)7-10-3-2-6-17-9-10/h1-6,8-9,13,18H,7H2. The molecular weight excluding hydrogens is 306 g/mol. The molecule has 0 bridgehead atoms. The number of hydrogen-bond donors (Lipinski definition) is 1. The topological polar surface area (TPSA) is 46.3 Å². The van der Waals surface area contributed by atoms with E-state index in [1.807, 2.05) is 36.4 Å². The summed E-state index contributed by atoms with van der Waals surface area (Å²) in [5, 5.41) is 11.2. The summed E-state index contributed by atoms with van der Waals surface area (Å²) in [5.41, 5.74) is 1.75. The summed E-state index contributed by atoms with van der Waals surface area (Å²) < 4.78 is 6.61. The maximum atomic E-state index is 10.2. The Morgan fingerprint density at radius 2 is 2.16 bits per heavy atom. The second-order valence-corrected chi connectivity index (χ2v) is 5.24. The van der Waals surface area contributed by atoms with Crippen LogP contribution in [0.5, 0.6) is 0 Å². The van der Waals surface area contributed by atoms with E-state index in [4.69, 9.17) is 4.42 Å². The lowest BCUT2D eigenvalue weighted by Gasteiger charge is -2.06. The number of para-hydroxylation sites is 1. The lowest BCUT2D eigenvalue weighted by Crippen LogP contribution is -2.00. The summed E-state index contributed by atoms with van der Waals surface area (Å²) in [4.78, 5) is 4.04. The normalized spacial score (nSPS) is 12.7. The van der Waals surface area contributed by atoms with Crippen molar-refractivity contribution in [3.05, 3.63) is 64.6 Å². The number of fused-ring (bicyclic) bond motifs is 1. The average Bonchev–Trinajstić information content (AvgIpc) is 2.85. The van der Waals surface area contributed by atoms with Crippen LogP contribution in [0, 0.1) is 0 Å². The molecule has 0 saturated carbocycles. The number of rotatable bonds is 3. The maximum Gasteiger partial charge on any atom is 0.148 e. The van der Waals surface area contributed by atoms with E-state index < -0.39 is 6.10 Å². The summed E-state index contributed by atoms with van der Waals surface area (Å²) in [5.74, 6) is 0.575. The van der Waals surface area contributed by atoms with Crippen molar-refractivity contribution in [3.63, 3.8) is 0 Å². The van der Waals surface area contributed by atoms with Crippen LogP contribution in [0.4, 0.5) is 0 Å². The zero-order valence-electron chi connectivity index (χ0n) is 10.1. The van der Waals surface area contributed by atoms with E-state index in [0.717, 1.165) is 21.0 Å². The highest BCUT2D eigenvalue weighted by Gasteiger charge is 2.15. The van der Waals surface area contributed by atoms with Gasteiger partial charge in [-0.1, -0.05) is 18.2 Å². The SMILES string of the molecule is OC(Cc1cccnc1)c1cc2cccc(Br)c2o1. The Morgan fingerprint density at radius 1 is 1.26 bits per heavy atom. The van der Waals surface area contributed by atoms with Crippen molar-refractivity contribution in [1.82, 2.24) is 4.98 Å². The number of pyridine rings is 1. The largest absolute Gasteiger partial charge is 0.457 e. The van der Waals surface area contributed by atoms with Crippen molar-refractivity contribution >= 4 is 26.9 Å². The number of benzene rings is 1. The first-order valence-corrected chi connectivity index (χ1v) is 6.78. The Kier molecular flexibility index (Phi) is 3.36. The fourth-order valence-electron chi connectivity index (χ4n) is 2.05. The monoisotopic (exact) mass is 317 g/mol. The molecule has 3 aromatic rings. The quantitative estimate of drug-likeness (QED) is 0.797. The van der Waals surface area contributed by atoms with E-state index in [0.29, 0.717) is 12.2 Å². The number of aromatic nitrogens is 1. The van der Waals surface area contributed by atoms with Crippen LogP contribution in [0.15, 0.2) is 57.7 Å². The molecule has 1 N–H and O–H groups in total. The minimum Gasteiger partial charge on any atom is -0.457 e. The van der Waals surface area contributed by atoms with Crippen LogP contribution in [0.2, 0.25) is 0 Å². The third kappa shape index (κ3) is 2.55. The Hall–Kier alpha value is -1.65. The second kappa shape index (κ2) is 5.15. The number of halogens is 1. The first-order valence-electron chi connectivity index (χ1n) is 5.99. The van der Waals surface area contributed by atoms with E-state index in [-0.39, 0.29) is 0 Å². The Morgan fingerprint density at radius 3 is 2.89 bits per heavy atom. The van der Waals surface area contributed by atoms with E-state index in [9.17, 15) is 5.11 Å². The van der Waals surface area contributed by atoms with Gasteiger partial charge in [-0.05, 0) is 39.7 Å². The van der Waals surface area contributed by atoms with Gasteiger partial charge < -0.3 is 9.52 Å². The van der Waals surface area contributed by atoms with Crippen molar-refractivity contribution in [3.8, 4) is 0 Å². The highest BCUT2D eigenvalue weighted by Crippen LogP contribution is 2.30. The maximum absolute atomic E-state index is 10.2. The molecule has 19 heavy (non-hydrogen) atoms. The Bertz CT molecular complexity index is 694. The number of hydrogen-bond acceptors (Lipinski definition) is 3. The predicted molar refractivity (Wildman–Crippen MR) is 76.8 cm³/mol. The number of aliphatic hydroxyl groups is 1. The van der Waals surface area contributed by atoms with Gasteiger partial charge in [0.15, 0.2) is 0 Å². The van der Waals surface area contributed by atoms with Crippen molar-refractivity contribution in [2.75, 3.05) is 0 Å². The van der Waals surface area contributed by atoms with Gasteiger partial charge in [0.05, 0.1) is 4.47 Å². The van der Waals surface area contributed by atoms with Crippen LogP contribution in [-0.4, -0.2) is 10.1 Å². The molecule has 3 rings (SSSR count). The third-order valence-electron chi connectivity index (χ3n) is 3.00. The van der Waals surface area contributed by atoms with Crippen LogP contribution in [0.25, 0.3) is 11.0 Å². The molecule has 3 nitrogen and oxygen atoms in total. The van der Waals surface area contributed by atoms with Crippen LogP contribution in [0.1, 0.15) is 17.4 Å². The fourth-order valence-corrected chi connectivity index (χ4v) is 2.52. The number of nitrogens with zero attached hydrogens (tertiary/aromatic N) is 1. The number of furan rings is 1. The number of aliphatic hydroxyl groups excluding tert-OH is 1. The van der Waals surface area contributed by atoms with Gasteiger partial charge in [-0.25, -0.2) is 0 Å². The van der Waals surface area contributed by atoms with Crippen molar-refractivity contribution in [2.24, 2.45) is 0 Å². The molecule has 0 saturated heterocycles. The molecule has 1 atom stereocenters. The molecule has 1 aromatic carbocycles. The van der Waals surface area contributed by atoms with Gasteiger partial charge >= 0.3 is 0 Å². The molecule has 0 fully saturated rings. The zero-order chi connectivity index (χ0) is 13.2. The molecule has 2 heterocycles. The van der Waals surface area contributed by atoms with Crippen LogP contribution in [-0.2, 0) is 6.42 Å². The first kappa shape index (κ1) is 12.4. The summed E-state index contributed by atoms with van der Waals surface area (Å²) in [6.07, 6.45) is 3.30. The molecule has 0 aliphatic rings. The lowest BCUT2D eigenvalue weighted by atomic mass is 10.1. The molecule has 96 valence electrons. The summed E-state index contributed by atoms with van der Waals surface area (Å²) in [7, 11) is 0. The second-order valence-electron chi connectivity index (χ2n) is 4.39. The van der Waals surface area contributed by atoms with E-state index in [2.05, 4.69) is 20.9 Å². The zero-order valence-corrected chi connectivity index (χ0v) is 11.7. The van der Waals surface area contributed by atoms with Crippen LogP contribution < -0.4 is 0 Å². The molecule has 4 heteroatoms. The van der Waals surface area contributed by atoms with E-state index in [1.54, 1.807) is 12.4 Å². The molecule has 0 aliphatic heterocycles. The highest BCUT2D eigenvalue weighted by atomic mass is 79.9. The summed E-state index contributed by atoms with van der Waals surface area (Å²) >= 11 is 3.44. The minimum atomic E-state index is -0.663. The van der Waals surface area contributed by atoms with Gasteiger partial charge in [0, 0.05) is 24.2 Å². The molecular formula is C15H12BrNO2. The molecule has 0 aliphatic carbocycles. The predicted octanol–water partition coefficient (Wildman–Crippen LogP) is 3.87. The average molecular weight is 318 g/mol. The van der Waals surface area contributed by atoms with E-state index >= 15 is 0 Å². The van der Waals surface area contributed by atoms with Crippen molar-refractivity contribution < 1.29 is 9.52 Å². The van der Waals surface area contributed by atoms with Crippen molar-refractivity contribution in [2.45, 2.75) is 12.5 Å². The highest BCUT2D eigenvalue weighted by molar-refractivity contribution is 9.10. The third-order valence-corrected chi connectivity index (χ3v) is 3.62. The molecule has 0 amide bonds. The Labute approximate surface area is 119 Å². The fraction of sp³-hybridized carbons (Fsp3) is 0.133. The minimum absolute atomic E-state index is 0.491. The smallest absolute Gasteiger partial charge is 0.148 e. The lowest BCUT2D eigenvalue weighted by molar-refractivity contribution is 0.152. The van der Waals surface area contributed by atoms with Gasteiger partial charge in [0.1, 0.15) is 17.4 Å². The van der Waals surface area contributed by atoms with Crippen LogP contribution in [0.3, 0.4) is 0 Å². The van der Waals surface area contributed by atoms with Gasteiger partial charge in [0.25, 0.3) is 0 Å². The first-order chi connectivity index (χ1) is 9.24. The Balaban J connectivity index is 1.89. The van der Waals surface area contributed by atoms with Gasteiger partial charge in [0.2, 0.25) is 0 Å². The molecule has 0 radical (unpaired) electrons. The summed E-state index contributed by atoms with van der Waals surface area (Å²) in [6.45, 7) is 0.